The van der Waals surface area contributed by atoms with Crippen LogP contribution >= 0.6 is 0 Å². The van der Waals surface area contributed by atoms with Crippen LogP contribution in [0, 0.1) is 23.2 Å². The molecule has 122 valence electrons. The average molecular weight is 299 g/mol. The van der Waals surface area contributed by atoms with E-state index < -0.39 is 0 Å². The number of allylic oxidation sites excluding steroid dienone is 5. The Hall–Kier alpha value is -0.780. The molecule has 0 heteroatoms. The van der Waals surface area contributed by atoms with Crippen molar-refractivity contribution in [2.24, 2.45) is 23.2 Å². The second kappa shape index (κ2) is 6.38. The first kappa shape index (κ1) is 16.1. The van der Waals surface area contributed by atoms with Gasteiger partial charge in [-0.05, 0) is 86.5 Å². The number of fused-ring (bicyclic) bond motifs is 1. The Balaban J connectivity index is 1.81. The Kier molecular flexibility index (Phi) is 4.67. The van der Waals surface area contributed by atoms with E-state index in [0.717, 1.165) is 17.8 Å². The Morgan fingerprint density at radius 1 is 1.05 bits per heavy atom. The molecule has 0 aromatic heterocycles. The molecule has 0 heterocycles. The molecule has 0 aromatic carbocycles. The van der Waals surface area contributed by atoms with Crippen molar-refractivity contribution in [1.29, 1.82) is 0 Å². The summed E-state index contributed by atoms with van der Waals surface area (Å²) in [5.74, 6) is 2.62. The Morgan fingerprint density at radius 3 is 2.55 bits per heavy atom. The van der Waals surface area contributed by atoms with Gasteiger partial charge in [0.2, 0.25) is 0 Å². The zero-order valence-electron chi connectivity index (χ0n) is 15.0. The van der Waals surface area contributed by atoms with Gasteiger partial charge in [0.15, 0.2) is 0 Å². The van der Waals surface area contributed by atoms with E-state index in [9.17, 15) is 0 Å². The smallest absolute Gasteiger partial charge is 0.0143 e. The molecule has 0 saturated heterocycles. The fraction of sp³-hybridized carbons (Fsp3) is 0.727. The zero-order valence-corrected chi connectivity index (χ0v) is 15.0. The van der Waals surface area contributed by atoms with Gasteiger partial charge in [0.05, 0.1) is 0 Å². The van der Waals surface area contributed by atoms with Gasteiger partial charge < -0.3 is 0 Å². The van der Waals surface area contributed by atoms with Crippen molar-refractivity contribution in [2.45, 2.75) is 78.6 Å². The molecule has 3 atom stereocenters. The molecule has 22 heavy (non-hydrogen) atoms. The molecule has 0 radical (unpaired) electrons. The lowest BCUT2D eigenvalue weighted by Gasteiger charge is -2.43. The third-order valence-corrected chi connectivity index (χ3v) is 6.97. The first-order valence-corrected chi connectivity index (χ1v) is 9.60. The predicted molar refractivity (Wildman–Crippen MR) is 96.8 cm³/mol. The van der Waals surface area contributed by atoms with E-state index in [1.165, 1.54) is 68.9 Å². The van der Waals surface area contributed by atoms with Gasteiger partial charge >= 0.3 is 0 Å². The van der Waals surface area contributed by atoms with Gasteiger partial charge in [0.25, 0.3) is 0 Å². The molecule has 3 aliphatic carbocycles. The van der Waals surface area contributed by atoms with E-state index in [4.69, 9.17) is 0 Å². The molecule has 0 amide bonds. The Bertz CT molecular complexity index is 490. The van der Waals surface area contributed by atoms with Crippen molar-refractivity contribution in [2.75, 3.05) is 0 Å². The van der Waals surface area contributed by atoms with Crippen LogP contribution in [0.15, 0.2) is 35.5 Å². The summed E-state index contributed by atoms with van der Waals surface area (Å²) in [5, 5.41) is 0. The minimum atomic E-state index is 0.570. The van der Waals surface area contributed by atoms with Gasteiger partial charge in [-0.2, -0.15) is 0 Å². The van der Waals surface area contributed by atoms with Gasteiger partial charge in [-0.15, -0.1) is 0 Å². The van der Waals surface area contributed by atoms with E-state index in [1.807, 2.05) is 0 Å². The van der Waals surface area contributed by atoms with Crippen molar-refractivity contribution in [3.05, 3.63) is 35.5 Å². The van der Waals surface area contributed by atoms with Crippen LogP contribution in [0.1, 0.15) is 78.6 Å². The van der Waals surface area contributed by atoms with Gasteiger partial charge in [-0.3, -0.25) is 0 Å². The Morgan fingerprint density at radius 2 is 1.82 bits per heavy atom. The first-order chi connectivity index (χ1) is 10.5. The molecule has 0 bridgehead atoms. The second-order valence-electron chi connectivity index (χ2n) is 8.58. The highest BCUT2D eigenvalue weighted by molar-refractivity contribution is 5.35. The molecule has 0 unspecified atom stereocenters. The van der Waals surface area contributed by atoms with E-state index in [2.05, 4.69) is 39.5 Å². The monoisotopic (exact) mass is 298 g/mol. The van der Waals surface area contributed by atoms with Crippen LogP contribution in [0.2, 0.25) is 0 Å². The van der Waals surface area contributed by atoms with Gasteiger partial charge in [-0.25, -0.2) is 0 Å². The topological polar surface area (TPSA) is 0 Å². The normalized spacial score (nSPS) is 39.7. The van der Waals surface area contributed by atoms with Crippen LogP contribution in [0.25, 0.3) is 0 Å². The van der Waals surface area contributed by atoms with Crippen LogP contribution < -0.4 is 0 Å². The lowest BCUT2D eigenvalue weighted by Crippen LogP contribution is -2.35. The standard InChI is InChI=1S/C22H34/c1-16(2)20-13-14-21-19(10-7-15-22(20,21)4)12-11-18-9-6-5-8-17(18)3/h11-12,16,20-21H,3,5-10,13-15H2,1-2,4H3/t20-,21+,22-/m1/s1. The van der Waals surface area contributed by atoms with Crippen molar-refractivity contribution in [3.63, 3.8) is 0 Å². The number of hydrogen-bond acceptors (Lipinski definition) is 0. The number of rotatable bonds is 2. The maximum atomic E-state index is 4.28. The van der Waals surface area contributed by atoms with Crippen molar-refractivity contribution < 1.29 is 0 Å². The lowest BCUT2D eigenvalue weighted by molar-refractivity contribution is 0.104. The Labute approximate surface area is 137 Å². The summed E-state index contributed by atoms with van der Waals surface area (Å²) in [6.07, 6.45) is 17.1. The van der Waals surface area contributed by atoms with Crippen molar-refractivity contribution >= 4 is 0 Å². The fourth-order valence-corrected chi connectivity index (χ4v) is 5.77. The lowest BCUT2D eigenvalue weighted by atomic mass is 9.61. The van der Waals surface area contributed by atoms with Crippen LogP contribution in [0.4, 0.5) is 0 Å². The average Bonchev–Trinajstić information content (AvgIpc) is 2.84. The SMILES string of the molecule is C=C1CCCCC1=CC=C1CCC[C@]2(C)[C@@H](C(C)C)CC[C@@H]12. The number of hydrogen-bond donors (Lipinski definition) is 0. The van der Waals surface area contributed by atoms with E-state index in [-0.39, 0.29) is 0 Å². The van der Waals surface area contributed by atoms with Gasteiger partial charge in [0, 0.05) is 0 Å². The summed E-state index contributed by atoms with van der Waals surface area (Å²) in [5.41, 5.74) is 5.25. The third-order valence-electron chi connectivity index (χ3n) is 6.97. The van der Waals surface area contributed by atoms with E-state index in [1.54, 1.807) is 5.57 Å². The second-order valence-corrected chi connectivity index (χ2v) is 8.58. The van der Waals surface area contributed by atoms with Gasteiger partial charge in [-0.1, -0.05) is 50.6 Å². The van der Waals surface area contributed by atoms with Crippen LogP contribution in [-0.4, -0.2) is 0 Å². The molecule has 3 rings (SSSR count). The maximum Gasteiger partial charge on any atom is -0.0143 e. The van der Waals surface area contributed by atoms with Crippen LogP contribution in [0.5, 0.6) is 0 Å². The molecule has 0 N–H and O–H groups in total. The molecule has 0 spiro atoms. The third kappa shape index (κ3) is 2.86. The quantitative estimate of drug-likeness (QED) is 0.523. The fourth-order valence-electron chi connectivity index (χ4n) is 5.77. The summed E-state index contributed by atoms with van der Waals surface area (Å²) < 4.78 is 0. The largest absolute Gasteiger partial charge is 0.0956 e. The van der Waals surface area contributed by atoms with E-state index in [0.29, 0.717) is 5.41 Å². The summed E-state index contributed by atoms with van der Waals surface area (Å²) in [6, 6.07) is 0. The molecule has 3 saturated carbocycles. The van der Waals surface area contributed by atoms with Crippen LogP contribution in [0.3, 0.4) is 0 Å². The van der Waals surface area contributed by atoms with E-state index >= 15 is 0 Å². The minimum Gasteiger partial charge on any atom is -0.0956 e. The highest BCUT2D eigenvalue weighted by Crippen LogP contribution is 2.59. The first-order valence-electron chi connectivity index (χ1n) is 9.60. The molecule has 0 aliphatic heterocycles. The molecule has 3 aliphatic rings. The highest BCUT2D eigenvalue weighted by atomic mass is 14.5. The summed E-state index contributed by atoms with van der Waals surface area (Å²) in [7, 11) is 0. The molecule has 3 fully saturated rings. The van der Waals surface area contributed by atoms with Crippen molar-refractivity contribution in [3.8, 4) is 0 Å². The highest BCUT2D eigenvalue weighted by Gasteiger charge is 2.49. The molecule has 0 nitrogen and oxygen atoms in total. The van der Waals surface area contributed by atoms with Gasteiger partial charge in [0.1, 0.15) is 0 Å². The molecular formula is C22H34. The predicted octanol–water partition coefficient (Wildman–Crippen LogP) is 6.84. The summed E-state index contributed by atoms with van der Waals surface area (Å²) in [4.78, 5) is 0. The van der Waals surface area contributed by atoms with Crippen molar-refractivity contribution in [1.82, 2.24) is 0 Å². The minimum absolute atomic E-state index is 0.570. The van der Waals surface area contributed by atoms with Crippen LogP contribution in [-0.2, 0) is 0 Å². The maximum absolute atomic E-state index is 4.28. The zero-order chi connectivity index (χ0) is 15.7. The molecular weight excluding hydrogens is 264 g/mol. The summed E-state index contributed by atoms with van der Waals surface area (Å²) >= 11 is 0. The summed E-state index contributed by atoms with van der Waals surface area (Å²) in [6.45, 7) is 11.7. The molecule has 0 aromatic rings.